The van der Waals surface area contributed by atoms with E-state index in [9.17, 15) is 4.79 Å². The molecule has 1 saturated heterocycles. The lowest BCUT2D eigenvalue weighted by Gasteiger charge is -2.40. The quantitative estimate of drug-likeness (QED) is 0.875. The minimum atomic E-state index is -0.0196. The van der Waals surface area contributed by atoms with E-state index in [2.05, 4.69) is 35.9 Å². The van der Waals surface area contributed by atoms with Gasteiger partial charge in [-0.1, -0.05) is 6.92 Å². The Morgan fingerprint density at radius 1 is 1.33 bits per heavy atom. The molecule has 0 unspecified atom stereocenters. The normalized spacial score (nSPS) is 27.4. The maximum Gasteiger partial charge on any atom is 0.273 e. The maximum atomic E-state index is 12.3. The number of aromatic nitrogens is 3. The molecule has 0 radical (unpaired) electrons. The molecular formula is C16H24N4O. The van der Waals surface area contributed by atoms with Gasteiger partial charge in [0.15, 0.2) is 5.65 Å². The van der Waals surface area contributed by atoms with Crippen molar-refractivity contribution in [2.45, 2.75) is 46.2 Å². The van der Waals surface area contributed by atoms with E-state index in [1.165, 1.54) is 0 Å². The van der Waals surface area contributed by atoms with Crippen LogP contribution in [0.15, 0.2) is 10.9 Å². The van der Waals surface area contributed by atoms with Gasteiger partial charge in [-0.2, -0.15) is 0 Å². The Hall–Kier alpha value is -1.62. The highest BCUT2D eigenvalue weighted by Gasteiger charge is 2.32. The number of hydrogen-bond acceptors (Lipinski definition) is 3. The molecule has 0 aromatic carbocycles. The predicted molar refractivity (Wildman–Crippen MR) is 84.7 cm³/mol. The van der Waals surface area contributed by atoms with Crippen LogP contribution in [0.1, 0.15) is 37.6 Å². The van der Waals surface area contributed by atoms with E-state index in [0.29, 0.717) is 18.0 Å². The molecule has 1 aliphatic heterocycles. The second-order valence-corrected chi connectivity index (χ2v) is 6.66. The van der Waals surface area contributed by atoms with Crippen LogP contribution in [0.25, 0.3) is 11.0 Å². The molecule has 5 heteroatoms. The molecule has 2 aromatic rings. The van der Waals surface area contributed by atoms with Crippen molar-refractivity contribution in [3.05, 3.63) is 27.7 Å². The van der Waals surface area contributed by atoms with Crippen molar-refractivity contribution in [3.8, 4) is 0 Å². The SMILES string of the molecule is Cc1cc(C)c2c(=O)[nH]n([C@H]3C[C@H](C)N(C)C[C@H]3C)c2n1. The van der Waals surface area contributed by atoms with Gasteiger partial charge in [0.1, 0.15) is 0 Å². The first-order valence-corrected chi connectivity index (χ1v) is 7.67. The fraction of sp³-hybridized carbons (Fsp3) is 0.625. The molecule has 0 aliphatic carbocycles. The summed E-state index contributed by atoms with van der Waals surface area (Å²) in [6, 6.07) is 2.79. The number of rotatable bonds is 1. The molecule has 1 fully saturated rings. The van der Waals surface area contributed by atoms with E-state index in [1.54, 1.807) is 0 Å². The van der Waals surface area contributed by atoms with Crippen molar-refractivity contribution in [2.75, 3.05) is 13.6 Å². The first-order chi connectivity index (χ1) is 9.88. The summed E-state index contributed by atoms with van der Waals surface area (Å²) in [6.07, 6.45) is 1.03. The van der Waals surface area contributed by atoms with Crippen LogP contribution < -0.4 is 5.56 Å². The highest BCUT2D eigenvalue weighted by molar-refractivity contribution is 5.78. The number of pyridine rings is 1. The number of nitrogens with one attached hydrogen (secondary N) is 1. The molecule has 5 nitrogen and oxygen atoms in total. The van der Waals surface area contributed by atoms with Gasteiger partial charge in [-0.3, -0.25) is 14.6 Å². The lowest BCUT2D eigenvalue weighted by atomic mass is 9.90. The highest BCUT2D eigenvalue weighted by Crippen LogP contribution is 2.32. The molecule has 0 amide bonds. The standard InChI is InChI=1S/C16H24N4O/c1-9-6-11(3)17-15-14(9)16(21)18-20(15)13-7-12(4)19(5)8-10(13)2/h6,10,12-13H,7-8H2,1-5H3,(H,18,21)/t10-,12+,13+/m1/s1. The van der Waals surface area contributed by atoms with Crippen LogP contribution in [0.4, 0.5) is 0 Å². The van der Waals surface area contributed by atoms with Crippen LogP contribution in [0.2, 0.25) is 0 Å². The summed E-state index contributed by atoms with van der Waals surface area (Å²) in [5.41, 5.74) is 2.76. The summed E-state index contributed by atoms with van der Waals surface area (Å²) in [6.45, 7) is 9.50. The molecular weight excluding hydrogens is 264 g/mol. The number of aryl methyl sites for hydroxylation is 2. The molecule has 2 aromatic heterocycles. The van der Waals surface area contributed by atoms with Crippen molar-refractivity contribution in [1.29, 1.82) is 0 Å². The van der Waals surface area contributed by atoms with E-state index < -0.39 is 0 Å². The van der Waals surface area contributed by atoms with Crippen molar-refractivity contribution >= 4 is 11.0 Å². The Morgan fingerprint density at radius 3 is 2.76 bits per heavy atom. The van der Waals surface area contributed by atoms with Gasteiger partial charge in [-0.15, -0.1) is 0 Å². The minimum absolute atomic E-state index is 0.0196. The molecule has 1 aliphatic rings. The Labute approximate surface area is 125 Å². The zero-order chi connectivity index (χ0) is 15.3. The van der Waals surface area contributed by atoms with Gasteiger partial charge in [-0.25, -0.2) is 4.98 Å². The van der Waals surface area contributed by atoms with Gasteiger partial charge in [0.05, 0.1) is 11.4 Å². The van der Waals surface area contributed by atoms with E-state index in [4.69, 9.17) is 0 Å². The second kappa shape index (κ2) is 4.98. The third kappa shape index (κ3) is 2.29. The van der Waals surface area contributed by atoms with E-state index in [1.807, 2.05) is 24.6 Å². The molecule has 0 spiro atoms. The third-order valence-electron chi connectivity index (χ3n) is 4.90. The summed E-state index contributed by atoms with van der Waals surface area (Å²) in [7, 11) is 2.17. The number of nitrogens with zero attached hydrogens (tertiary/aromatic N) is 3. The smallest absolute Gasteiger partial charge is 0.273 e. The third-order valence-corrected chi connectivity index (χ3v) is 4.90. The van der Waals surface area contributed by atoms with Crippen molar-refractivity contribution < 1.29 is 0 Å². The van der Waals surface area contributed by atoms with E-state index in [0.717, 1.165) is 35.3 Å². The van der Waals surface area contributed by atoms with E-state index in [-0.39, 0.29) is 5.56 Å². The van der Waals surface area contributed by atoms with Gasteiger partial charge < -0.3 is 4.90 Å². The van der Waals surface area contributed by atoms with Crippen molar-refractivity contribution in [3.63, 3.8) is 0 Å². The molecule has 1 N–H and O–H groups in total. The predicted octanol–water partition coefficient (Wildman–Crippen LogP) is 2.24. The second-order valence-electron chi connectivity index (χ2n) is 6.66. The Morgan fingerprint density at radius 2 is 2.05 bits per heavy atom. The lowest BCUT2D eigenvalue weighted by molar-refractivity contribution is 0.103. The largest absolute Gasteiger partial charge is 0.303 e. The number of fused-ring (bicyclic) bond motifs is 1. The average Bonchev–Trinajstić information content (AvgIpc) is 2.71. The first-order valence-electron chi connectivity index (χ1n) is 7.67. The van der Waals surface area contributed by atoms with Crippen LogP contribution in [0, 0.1) is 19.8 Å². The summed E-state index contributed by atoms with van der Waals surface area (Å²) in [4.78, 5) is 19.3. The molecule has 0 bridgehead atoms. The van der Waals surface area contributed by atoms with Crippen molar-refractivity contribution in [1.82, 2.24) is 19.7 Å². The number of hydrogen-bond donors (Lipinski definition) is 1. The Bertz CT molecular complexity index is 730. The van der Waals surface area contributed by atoms with Crippen LogP contribution in [0.5, 0.6) is 0 Å². The zero-order valence-electron chi connectivity index (χ0n) is 13.5. The molecule has 21 heavy (non-hydrogen) atoms. The zero-order valence-corrected chi connectivity index (χ0v) is 13.5. The van der Waals surface area contributed by atoms with Crippen LogP contribution >= 0.6 is 0 Å². The summed E-state index contributed by atoms with van der Waals surface area (Å²) < 4.78 is 2.02. The van der Waals surface area contributed by atoms with Crippen molar-refractivity contribution in [2.24, 2.45) is 5.92 Å². The van der Waals surface area contributed by atoms with Crippen LogP contribution in [-0.4, -0.2) is 39.3 Å². The monoisotopic (exact) mass is 288 g/mol. The summed E-state index contributed by atoms with van der Waals surface area (Å²) in [5.74, 6) is 0.486. The van der Waals surface area contributed by atoms with Gasteiger partial charge in [0, 0.05) is 18.3 Å². The highest BCUT2D eigenvalue weighted by atomic mass is 16.1. The van der Waals surface area contributed by atoms with E-state index >= 15 is 0 Å². The molecule has 114 valence electrons. The van der Waals surface area contributed by atoms with Gasteiger partial charge in [0.25, 0.3) is 5.56 Å². The average molecular weight is 288 g/mol. The fourth-order valence-electron chi connectivity index (χ4n) is 3.61. The topological polar surface area (TPSA) is 53.9 Å². The minimum Gasteiger partial charge on any atom is -0.303 e. The van der Waals surface area contributed by atoms with Gasteiger partial charge in [0.2, 0.25) is 0 Å². The number of likely N-dealkylation sites (tertiary alicyclic amines) is 1. The maximum absolute atomic E-state index is 12.3. The summed E-state index contributed by atoms with van der Waals surface area (Å²) in [5, 5.41) is 3.77. The fourth-order valence-corrected chi connectivity index (χ4v) is 3.61. The molecule has 0 saturated carbocycles. The molecule has 3 rings (SSSR count). The molecule has 3 heterocycles. The summed E-state index contributed by atoms with van der Waals surface area (Å²) >= 11 is 0. The Balaban J connectivity index is 2.15. The number of H-pyrrole nitrogens is 1. The van der Waals surface area contributed by atoms with Gasteiger partial charge in [-0.05, 0) is 51.8 Å². The molecule has 3 atom stereocenters. The van der Waals surface area contributed by atoms with Crippen LogP contribution in [0.3, 0.4) is 0 Å². The van der Waals surface area contributed by atoms with Gasteiger partial charge >= 0.3 is 0 Å². The Kier molecular flexibility index (Phi) is 3.40. The lowest BCUT2D eigenvalue weighted by Crippen LogP contribution is -2.43. The number of piperidine rings is 1. The number of aromatic amines is 1. The van der Waals surface area contributed by atoms with Crippen LogP contribution in [-0.2, 0) is 0 Å². The first kappa shape index (κ1) is 14.3.